The minimum absolute atomic E-state index is 0.278. The quantitative estimate of drug-likeness (QED) is 0.684. The first kappa shape index (κ1) is 9.34. The Kier molecular flexibility index (Phi) is 2.59. The number of benzene rings is 1. The number of hydrogen-bond donors (Lipinski definition) is 0. The molecule has 0 aliphatic carbocycles. The molecule has 1 aromatic rings. The molecule has 3 nitrogen and oxygen atoms in total. The highest BCUT2D eigenvalue weighted by atomic mass is 16.6. The van der Waals surface area contributed by atoms with Crippen molar-refractivity contribution in [3.63, 3.8) is 0 Å². The van der Waals surface area contributed by atoms with Crippen LogP contribution < -0.4 is 9.47 Å². The molecule has 76 valence electrons. The van der Waals surface area contributed by atoms with Gasteiger partial charge in [-0.2, -0.15) is 0 Å². The topological polar surface area (TPSA) is 31.0 Å². The number of rotatable bonds is 4. The molecule has 2 rings (SSSR count). The lowest BCUT2D eigenvalue weighted by molar-refractivity contribution is 0.252. The second-order valence-corrected chi connectivity index (χ2v) is 3.42. The summed E-state index contributed by atoms with van der Waals surface area (Å²) in [6, 6.07) is 5.89. The van der Waals surface area contributed by atoms with Crippen LogP contribution >= 0.6 is 0 Å². The maximum atomic E-state index is 5.58. The summed E-state index contributed by atoms with van der Waals surface area (Å²) in [5, 5.41) is 0. The molecule has 0 amide bonds. The van der Waals surface area contributed by atoms with Gasteiger partial charge in [0, 0.05) is 0 Å². The van der Waals surface area contributed by atoms with E-state index in [0.29, 0.717) is 6.61 Å². The van der Waals surface area contributed by atoms with Crippen LogP contribution in [0.3, 0.4) is 0 Å². The highest BCUT2D eigenvalue weighted by Crippen LogP contribution is 2.28. The van der Waals surface area contributed by atoms with E-state index < -0.39 is 0 Å². The Bertz CT molecular complexity index is 318. The van der Waals surface area contributed by atoms with Crippen LogP contribution in [0.2, 0.25) is 0 Å². The van der Waals surface area contributed by atoms with E-state index in [1.54, 1.807) is 7.11 Å². The van der Waals surface area contributed by atoms with Gasteiger partial charge in [-0.3, -0.25) is 0 Å². The van der Waals surface area contributed by atoms with Crippen molar-refractivity contribution in [1.82, 2.24) is 0 Å². The molecule has 0 spiro atoms. The SMILES string of the molecule is COc1ccc(C)cc1OC[C@@H]1CO1. The van der Waals surface area contributed by atoms with Crippen molar-refractivity contribution >= 4 is 0 Å². The number of hydrogen-bond acceptors (Lipinski definition) is 3. The Hall–Kier alpha value is -1.22. The van der Waals surface area contributed by atoms with Gasteiger partial charge in [-0.15, -0.1) is 0 Å². The molecule has 0 bridgehead atoms. The largest absolute Gasteiger partial charge is 0.493 e. The summed E-state index contributed by atoms with van der Waals surface area (Å²) in [4.78, 5) is 0. The van der Waals surface area contributed by atoms with Crippen molar-refractivity contribution in [2.24, 2.45) is 0 Å². The molecule has 1 aliphatic rings. The lowest BCUT2D eigenvalue weighted by Crippen LogP contribution is -2.05. The standard InChI is InChI=1S/C11H14O3/c1-8-3-4-10(12-2)11(5-8)14-7-9-6-13-9/h3-5,9H,6-7H2,1-2H3/t9-/m0/s1. The predicted molar refractivity (Wildman–Crippen MR) is 53.0 cm³/mol. The Balaban J connectivity index is 2.07. The molecule has 1 aromatic carbocycles. The van der Waals surface area contributed by atoms with E-state index in [-0.39, 0.29) is 6.10 Å². The fraction of sp³-hybridized carbons (Fsp3) is 0.455. The van der Waals surface area contributed by atoms with Crippen LogP contribution in [0.4, 0.5) is 0 Å². The zero-order chi connectivity index (χ0) is 9.97. The fourth-order valence-electron chi connectivity index (χ4n) is 1.24. The van der Waals surface area contributed by atoms with Crippen LogP contribution in [0.15, 0.2) is 18.2 Å². The van der Waals surface area contributed by atoms with Crippen molar-refractivity contribution in [2.45, 2.75) is 13.0 Å². The second kappa shape index (κ2) is 3.88. The Labute approximate surface area is 83.6 Å². The summed E-state index contributed by atoms with van der Waals surface area (Å²) < 4.78 is 15.8. The van der Waals surface area contributed by atoms with E-state index in [4.69, 9.17) is 14.2 Å². The molecule has 1 fully saturated rings. The molecule has 3 heteroatoms. The maximum Gasteiger partial charge on any atom is 0.161 e. The van der Waals surface area contributed by atoms with Crippen LogP contribution in [-0.4, -0.2) is 26.4 Å². The van der Waals surface area contributed by atoms with Gasteiger partial charge in [0.25, 0.3) is 0 Å². The molecule has 1 aliphatic heterocycles. The summed E-state index contributed by atoms with van der Waals surface area (Å²) in [5.41, 5.74) is 1.16. The summed E-state index contributed by atoms with van der Waals surface area (Å²) in [6.45, 7) is 3.45. The second-order valence-electron chi connectivity index (χ2n) is 3.42. The van der Waals surface area contributed by atoms with E-state index in [2.05, 4.69) is 0 Å². The third-order valence-electron chi connectivity index (χ3n) is 2.15. The van der Waals surface area contributed by atoms with Crippen molar-refractivity contribution in [2.75, 3.05) is 20.3 Å². The van der Waals surface area contributed by atoms with E-state index >= 15 is 0 Å². The zero-order valence-corrected chi connectivity index (χ0v) is 8.45. The molecule has 1 heterocycles. The highest BCUT2D eigenvalue weighted by Gasteiger charge is 2.23. The third kappa shape index (κ3) is 2.17. The molecule has 1 saturated heterocycles. The summed E-state index contributed by atoms with van der Waals surface area (Å²) in [5.74, 6) is 1.57. The van der Waals surface area contributed by atoms with Crippen LogP contribution in [-0.2, 0) is 4.74 Å². The van der Waals surface area contributed by atoms with Crippen LogP contribution in [0.25, 0.3) is 0 Å². The average Bonchev–Trinajstić information content (AvgIpc) is 2.98. The summed E-state index contributed by atoms with van der Waals surface area (Å²) in [7, 11) is 1.64. The molecular weight excluding hydrogens is 180 g/mol. The van der Waals surface area contributed by atoms with Gasteiger partial charge >= 0.3 is 0 Å². The van der Waals surface area contributed by atoms with Gasteiger partial charge in [0.2, 0.25) is 0 Å². The van der Waals surface area contributed by atoms with Gasteiger partial charge in [0.1, 0.15) is 12.7 Å². The van der Waals surface area contributed by atoms with E-state index in [1.807, 2.05) is 25.1 Å². The number of aryl methyl sites for hydroxylation is 1. The molecule has 1 atom stereocenters. The molecule has 0 unspecified atom stereocenters. The third-order valence-corrected chi connectivity index (χ3v) is 2.15. The molecule has 0 radical (unpaired) electrons. The molecule has 14 heavy (non-hydrogen) atoms. The van der Waals surface area contributed by atoms with Gasteiger partial charge in [-0.05, 0) is 24.6 Å². The monoisotopic (exact) mass is 194 g/mol. The predicted octanol–water partition coefficient (Wildman–Crippen LogP) is 1.78. The van der Waals surface area contributed by atoms with Crippen LogP contribution in [0.1, 0.15) is 5.56 Å². The molecular formula is C11H14O3. The smallest absolute Gasteiger partial charge is 0.161 e. The highest BCUT2D eigenvalue weighted by molar-refractivity contribution is 5.42. The van der Waals surface area contributed by atoms with Crippen molar-refractivity contribution < 1.29 is 14.2 Å². The number of epoxide rings is 1. The van der Waals surface area contributed by atoms with Gasteiger partial charge in [-0.1, -0.05) is 6.07 Å². The minimum Gasteiger partial charge on any atom is -0.493 e. The first-order chi connectivity index (χ1) is 6.79. The van der Waals surface area contributed by atoms with Gasteiger partial charge in [0.05, 0.1) is 13.7 Å². The Morgan fingerprint density at radius 3 is 2.86 bits per heavy atom. The zero-order valence-electron chi connectivity index (χ0n) is 8.45. The van der Waals surface area contributed by atoms with E-state index in [9.17, 15) is 0 Å². The molecule has 0 saturated carbocycles. The lowest BCUT2D eigenvalue weighted by atomic mass is 10.2. The van der Waals surface area contributed by atoms with Crippen molar-refractivity contribution in [3.05, 3.63) is 23.8 Å². The van der Waals surface area contributed by atoms with Crippen LogP contribution in [0.5, 0.6) is 11.5 Å². The summed E-state index contributed by atoms with van der Waals surface area (Å²) >= 11 is 0. The van der Waals surface area contributed by atoms with Gasteiger partial charge < -0.3 is 14.2 Å². The van der Waals surface area contributed by atoms with Gasteiger partial charge in [0.15, 0.2) is 11.5 Å². The first-order valence-electron chi connectivity index (χ1n) is 4.68. The van der Waals surface area contributed by atoms with Gasteiger partial charge in [-0.25, -0.2) is 0 Å². The van der Waals surface area contributed by atoms with Crippen molar-refractivity contribution in [1.29, 1.82) is 0 Å². The van der Waals surface area contributed by atoms with Crippen molar-refractivity contribution in [3.8, 4) is 11.5 Å². The normalized spacial score (nSPS) is 19.1. The number of ether oxygens (including phenoxy) is 3. The molecule has 0 aromatic heterocycles. The Morgan fingerprint density at radius 2 is 2.21 bits per heavy atom. The van der Waals surface area contributed by atoms with Crippen LogP contribution in [0, 0.1) is 6.92 Å². The van der Waals surface area contributed by atoms with E-state index in [1.165, 1.54) is 0 Å². The number of methoxy groups -OCH3 is 1. The van der Waals surface area contributed by atoms with E-state index in [0.717, 1.165) is 23.7 Å². The minimum atomic E-state index is 0.278. The average molecular weight is 194 g/mol. The molecule has 0 N–H and O–H groups in total. The Morgan fingerprint density at radius 1 is 1.43 bits per heavy atom. The maximum absolute atomic E-state index is 5.58. The summed E-state index contributed by atoms with van der Waals surface area (Å²) in [6.07, 6.45) is 0.278. The lowest BCUT2D eigenvalue weighted by Gasteiger charge is -2.10. The fourth-order valence-corrected chi connectivity index (χ4v) is 1.24. The first-order valence-corrected chi connectivity index (χ1v) is 4.68.